The lowest BCUT2D eigenvalue weighted by Crippen LogP contribution is -2.44. The highest BCUT2D eigenvalue weighted by Crippen LogP contribution is 2.25. The normalized spacial score (nSPS) is 19.4. The Morgan fingerprint density at radius 3 is 2.95 bits per heavy atom. The van der Waals surface area contributed by atoms with Gasteiger partial charge in [-0.05, 0) is 18.9 Å². The Morgan fingerprint density at radius 1 is 1.55 bits per heavy atom. The van der Waals surface area contributed by atoms with Crippen LogP contribution in [0.4, 0.5) is 5.95 Å². The Balaban J connectivity index is 2.29. The molecule has 1 aromatic rings. The first-order valence-corrected chi connectivity index (χ1v) is 8.04. The third-order valence-corrected chi connectivity index (χ3v) is 4.44. The van der Waals surface area contributed by atoms with Gasteiger partial charge in [-0.15, -0.1) is 0 Å². The van der Waals surface area contributed by atoms with E-state index >= 15 is 0 Å². The number of carbonyl (C=O) groups is 1. The van der Waals surface area contributed by atoms with Crippen LogP contribution in [0.1, 0.15) is 37.6 Å². The molecule has 0 spiro atoms. The second-order valence-electron chi connectivity index (χ2n) is 5.41. The number of hydrogen-bond acceptors (Lipinski definition) is 5. The molecule has 0 aromatic carbocycles. The zero-order valence-electron chi connectivity index (χ0n) is 12.2. The van der Waals surface area contributed by atoms with Gasteiger partial charge in [0.15, 0.2) is 0 Å². The summed E-state index contributed by atoms with van der Waals surface area (Å²) in [5.74, 6) is 2.07. The van der Waals surface area contributed by atoms with E-state index in [1.807, 2.05) is 13.0 Å². The predicted molar refractivity (Wildman–Crippen MR) is 81.6 cm³/mol. The lowest BCUT2D eigenvalue weighted by atomic mass is 10.1. The maximum Gasteiger partial charge on any atom is 0.305 e. The summed E-state index contributed by atoms with van der Waals surface area (Å²) < 4.78 is 0. The largest absolute Gasteiger partial charge is 0.481 e. The van der Waals surface area contributed by atoms with Crippen molar-refractivity contribution < 1.29 is 9.90 Å². The first-order chi connectivity index (χ1) is 9.47. The van der Waals surface area contributed by atoms with Gasteiger partial charge >= 0.3 is 5.97 Å². The van der Waals surface area contributed by atoms with Crippen molar-refractivity contribution >= 4 is 23.7 Å². The molecule has 0 amide bonds. The Hall–Kier alpha value is -1.30. The summed E-state index contributed by atoms with van der Waals surface area (Å²) in [6, 6.07) is 1.98. The SMILES string of the molecule is Cc1cc(C(C)C)nc(N2CCSCC2CC(=O)O)n1. The number of aryl methyl sites for hydroxylation is 1. The lowest BCUT2D eigenvalue weighted by Gasteiger charge is -2.35. The van der Waals surface area contributed by atoms with Gasteiger partial charge in [0, 0.05) is 29.4 Å². The first kappa shape index (κ1) is 15.1. The van der Waals surface area contributed by atoms with Crippen molar-refractivity contribution in [2.75, 3.05) is 23.0 Å². The molecule has 1 N–H and O–H groups in total. The molecule has 1 atom stereocenters. The van der Waals surface area contributed by atoms with Crippen molar-refractivity contribution in [3.05, 3.63) is 17.5 Å². The van der Waals surface area contributed by atoms with Crippen LogP contribution in [0, 0.1) is 6.92 Å². The number of nitrogens with zero attached hydrogens (tertiary/aromatic N) is 3. The summed E-state index contributed by atoms with van der Waals surface area (Å²) in [6.45, 7) is 6.98. The van der Waals surface area contributed by atoms with E-state index in [-0.39, 0.29) is 12.5 Å². The molecule has 2 heterocycles. The molecule has 0 saturated carbocycles. The summed E-state index contributed by atoms with van der Waals surface area (Å²) in [4.78, 5) is 22.2. The van der Waals surface area contributed by atoms with Crippen LogP contribution in [0.5, 0.6) is 0 Å². The Bertz CT molecular complexity index is 493. The number of carboxylic acids is 1. The van der Waals surface area contributed by atoms with Crippen LogP contribution in [0.25, 0.3) is 0 Å². The van der Waals surface area contributed by atoms with Gasteiger partial charge in [0.1, 0.15) is 0 Å². The van der Waals surface area contributed by atoms with E-state index in [2.05, 4.69) is 28.7 Å². The highest BCUT2D eigenvalue weighted by Gasteiger charge is 2.27. The van der Waals surface area contributed by atoms with Gasteiger partial charge in [0.2, 0.25) is 5.95 Å². The molecule has 0 radical (unpaired) electrons. The number of aliphatic carboxylic acids is 1. The number of thioether (sulfide) groups is 1. The minimum atomic E-state index is -0.765. The summed E-state index contributed by atoms with van der Waals surface area (Å²) >= 11 is 1.80. The van der Waals surface area contributed by atoms with E-state index in [9.17, 15) is 4.79 Å². The predicted octanol–water partition coefficient (Wildman–Crippen LogP) is 2.30. The molecule has 0 bridgehead atoms. The molecule has 1 saturated heterocycles. The molecule has 1 aliphatic rings. The Morgan fingerprint density at radius 2 is 2.30 bits per heavy atom. The number of hydrogen-bond donors (Lipinski definition) is 1. The summed E-state index contributed by atoms with van der Waals surface area (Å²) in [7, 11) is 0. The van der Waals surface area contributed by atoms with Crippen LogP contribution < -0.4 is 4.90 Å². The highest BCUT2D eigenvalue weighted by atomic mass is 32.2. The van der Waals surface area contributed by atoms with Gasteiger partial charge < -0.3 is 10.0 Å². The van der Waals surface area contributed by atoms with Crippen LogP contribution in [0.15, 0.2) is 6.07 Å². The van der Waals surface area contributed by atoms with E-state index in [4.69, 9.17) is 5.11 Å². The molecular weight excluding hydrogens is 274 g/mol. The molecule has 2 rings (SSSR count). The fraction of sp³-hybridized carbons (Fsp3) is 0.643. The lowest BCUT2D eigenvalue weighted by molar-refractivity contribution is -0.137. The van der Waals surface area contributed by atoms with Crippen LogP contribution in [-0.2, 0) is 4.79 Å². The van der Waals surface area contributed by atoms with Crippen LogP contribution >= 0.6 is 11.8 Å². The summed E-state index contributed by atoms with van der Waals surface area (Å²) in [6.07, 6.45) is 0.140. The van der Waals surface area contributed by atoms with Crippen molar-refractivity contribution in [1.82, 2.24) is 9.97 Å². The Kier molecular flexibility index (Phi) is 4.86. The molecule has 1 aliphatic heterocycles. The zero-order chi connectivity index (χ0) is 14.7. The van der Waals surface area contributed by atoms with E-state index in [1.165, 1.54) is 0 Å². The van der Waals surface area contributed by atoms with Crippen LogP contribution in [0.3, 0.4) is 0 Å². The maximum absolute atomic E-state index is 11.0. The van der Waals surface area contributed by atoms with Gasteiger partial charge in [-0.1, -0.05) is 13.8 Å². The molecule has 1 aromatic heterocycles. The average molecular weight is 295 g/mol. The van der Waals surface area contributed by atoms with E-state index in [0.717, 1.165) is 29.4 Å². The monoisotopic (exact) mass is 295 g/mol. The topological polar surface area (TPSA) is 66.3 Å². The van der Waals surface area contributed by atoms with E-state index in [0.29, 0.717) is 11.9 Å². The highest BCUT2D eigenvalue weighted by molar-refractivity contribution is 7.99. The molecule has 20 heavy (non-hydrogen) atoms. The van der Waals surface area contributed by atoms with E-state index in [1.54, 1.807) is 11.8 Å². The van der Waals surface area contributed by atoms with Crippen LogP contribution in [0.2, 0.25) is 0 Å². The smallest absolute Gasteiger partial charge is 0.305 e. The van der Waals surface area contributed by atoms with Crippen molar-refractivity contribution in [3.8, 4) is 0 Å². The van der Waals surface area contributed by atoms with Crippen molar-refractivity contribution in [1.29, 1.82) is 0 Å². The minimum absolute atomic E-state index is 0.0203. The van der Waals surface area contributed by atoms with E-state index < -0.39 is 5.97 Å². The second-order valence-corrected chi connectivity index (χ2v) is 6.56. The minimum Gasteiger partial charge on any atom is -0.481 e. The first-order valence-electron chi connectivity index (χ1n) is 6.89. The molecular formula is C14H21N3O2S. The molecule has 110 valence electrons. The van der Waals surface area contributed by atoms with Crippen LogP contribution in [-0.4, -0.2) is 45.1 Å². The third-order valence-electron chi connectivity index (χ3n) is 3.35. The number of aromatic nitrogens is 2. The summed E-state index contributed by atoms with van der Waals surface area (Å²) in [5.41, 5.74) is 1.95. The number of rotatable bonds is 4. The van der Waals surface area contributed by atoms with Gasteiger partial charge in [-0.3, -0.25) is 4.79 Å². The quantitative estimate of drug-likeness (QED) is 0.919. The van der Waals surface area contributed by atoms with Gasteiger partial charge in [0.25, 0.3) is 0 Å². The standard InChI is InChI=1S/C14H21N3O2S/c1-9(2)12-6-10(3)15-14(16-12)17-4-5-20-8-11(17)7-13(18)19/h6,9,11H,4-5,7-8H2,1-3H3,(H,18,19). The maximum atomic E-state index is 11.0. The third kappa shape index (κ3) is 3.62. The van der Waals surface area contributed by atoms with Crippen molar-refractivity contribution in [2.24, 2.45) is 0 Å². The second kappa shape index (κ2) is 6.43. The Labute approximate surface area is 123 Å². The molecule has 5 nitrogen and oxygen atoms in total. The van der Waals surface area contributed by atoms with Gasteiger partial charge in [-0.25, -0.2) is 9.97 Å². The number of carboxylic acid groups (broad SMARTS) is 1. The zero-order valence-corrected chi connectivity index (χ0v) is 13.0. The molecule has 0 aliphatic carbocycles. The van der Waals surface area contributed by atoms with Crippen molar-refractivity contribution in [2.45, 2.75) is 39.2 Å². The average Bonchev–Trinajstić information content (AvgIpc) is 2.37. The molecule has 6 heteroatoms. The fourth-order valence-electron chi connectivity index (χ4n) is 2.29. The molecule has 1 unspecified atom stereocenters. The van der Waals surface area contributed by atoms with Gasteiger partial charge in [-0.2, -0.15) is 11.8 Å². The number of anilines is 1. The molecule has 1 fully saturated rings. The van der Waals surface area contributed by atoms with Crippen molar-refractivity contribution in [3.63, 3.8) is 0 Å². The summed E-state index contributed by atoms with van der Waals surface area (Å²) in [5, 5.41) is 9.05. The fourth-order valence-corrected chi connectivity index (χ4v) is 3.35. The van der Waals surface area contributed by atoms with Gasteiger partial charge in [0.05, 0.1) is 12.5 Å².